The third-order valence-electron chi connectivity index (χ3n) is 3.24. The zero-order chi connectivity index (χ0) is 13.7. The second kappa shape index (κ2) is 3.94. The van der Waals surface area contributed by atoms with Gasteiger partial charge < -0.3 is 10.0 Å². The molecule has 0 amide bonds. The molecule has 18 heavy (non-hydrogen) atoms. The van der Waals surface area contributed by atoms with Crippen molar-refractivity contribution in [2.45, 2.75) is 23.1 Å². The summed E-state index contributed by atoms with van der Waals surface area (Å²) in [6, 6.07) is 2.64. The quantitative estimate of drug-likeness (QED) is 0.822. The fourth-order valence-corrected chi connectivity index (χ4v) is 4.19. The minimum Gasteiger partial charge on any atom is -0.480 e. The Labute approximate surface area is 104 Å². The molecule has 98 valence electrons. The molecule has 0 saturated heterocycles. The molecule has 2 atom stereocenters. The number of carboxylic acids is 1. The van der Waals surface area contributed by atoms with Crippen molar-refractivity contribution >= 4 is 21.5 Å². The molecule has 0 spiro atoms. The Kier molecular flexibility index (Phi) is 2.81. The van der Waals surface area contributed by atoms with E-state index in [1.807, 2.05) is 0 Å². The maximum atomic E-state index is 13.2. The van der Waals surface area contributed by atoms with Crippen LogP contribution in [0.4, 0.5) is 10.1 Å². The van der Waals surface area contributed by atoms with Crippen LogP contribution in [-0.2, 0) is 14.6 Å². The summed E-state index contributed by atoms with van der Waals surface area (Å²) in [6.45, 7) is 1.52. The van der Waals surface area contributed by atoms with Crippen molar-refractivity contribution in [1.29, 1.82) is 0 Å². The maximum Gasteiger partial charge on any atom is 0.324 e. The second-order valence-corrected chi connectivity index (χ2v) is 6.31. The Hall–Kier alpha value is -1.63. The first-order valence-corrected chi connectivity index (χ1v) is 6.80. The van der Waals surface area contributed by atoms with Crippen molar-refractivity contribution in [2.24, 2.45) is 0 Å². The molecule has 1 aromatic rings. The van der Waals surface area contributed by atoms with Gasteiger partial charge in [-0.05, 0) is 25.1 Å². The van der Waals surface area contributed by atoms with Gasteiger partial charge in [0, 0.05) is 7.05 Å². The van der Waals surface area contributed by atoms with E-state index in [4.69, 9.17) is 5.11 Å². The molecule has 7 heteroatoms. The normalized spacial score (nSPS) is 25.6. The van der Waals surface area contributed by atoms with E-state index in [0.29, 0.717) is 5.69 Å². The summed E-state index contributed by atoms with van der Waals surface area (Å²) in [4.78, 5) is 12.4. The first kappa shape index (κ1) is 12.8. The lowest BCUT2D eigenvalue weighted by atomic mass is 10.1. The lowest BCUT2D eigenvalue weighted by Gasteiger charge is -2.37. The van der Waals surface area contributed by atoms with Crippen molar-refractivity contribution in [3.8, 4) is 0 Å². The summed E-state index contributed by atoms with van der Waals surface area (Å²) >= 11 is 0. The zero-order valence-corrected chi connectivity index (χ0v) is 10.6. The van der Waals surface area contributed by atoms with E-state index in [-0.39, 0.29) is 4.90 Å². The number of fused-ring (bicyclic) bond motifs is 1. The highest BCUT2D eigenvalue weighted by Crippen LogP contribution is 2.36. The number of anilines is 1. The lowest BCUT2D eigenvalue weighted by molar-refractivity contribution is -0.136. The number of aliphatic carboxylic acids is 1. The van der Waals surface area contributed by atoms with Gasteiger partial charge in [0.2, 0.25) is 0 Å². The molecular formula is C11H12FNO4S. The van der Waals surface area contributed by atoms with Crippen LogP contribution in [0.25, 0.3) is 0 Å². The Morgan fingerprint density at radius 1 is 1.44 bits per heavy atom. The van der Waals surface area contributed by atoms with Gasteiger partial charge in [0.15, 0.2) is 15.1 Å². The van der Waals surface area contributed by atoms with E-state index in [1.54, 1.807) is 7.05 Å². The highest BCUT2D eigenvalue weighted by molar-refractivity contribution is 7.93. The van der Waals surface area contributed by atoms with Gasteiger partial charge in [0.05, 0.1) is 16.6 Å². The maximum absolute atomic E-state index is 13.2. The minimum atomic E-state index is -4.07. The number of rotatable bonds is 1. The van der Waals surface area contributed by atoms with Crippen molar-refractivity contribution in [1.82, 2.24) is 0 Å². The molecule has 1 aromatic carbocycles. The molecule has 0 fully saturated rings. The van der Waals surface area contributed by atoms with Crippen molar-refractivity contribution < 1.29 is 22.7 Å². The highest BCUT2D eigenvalue weighted by atomic mass is 32.2. The van der Waals surface area contributed by atoms with Crippen LogP contribution in [0.1, 0.15) is 6.92 Å². The van der Waals surface area contributed by atoms with Gasteiger partial charge in [-0.3, -0.25) is 4.79 Å². The number of benzene rings is 1. The standard InChI is InChI=1S/C11H12FNO4S/c1-6-10(11(14)15)18(16,17)9-5-7(12)3-4-8(9)13(6)2/h3-6,10H,1-2H3,(H,14,15). The van der Waals surface area contributed by atoms with Gasteiger partial charge in [0.25, 0.3) is 0 Å². The molecule has 0 aliphatic carbocycles. The van der Waals surface area contributed by atoms with Crippen molar-refractivity contribution in [3.05, 3.63) is 24.0 Å². The molecule has 0 aromatic heterocycles. The summed E-state index contributed by atoms with van der Waals surface area (Å²) in [6.07, 6.45) is 0. The second-order valence-electron chi connectivity index (χ2n) is 4.27. The topological polar surface area (TPSA) is 74.7 Å². The number of nitrogens with zero attached hydrogens (tertiary/aromatic N) is 1. The summed E-state index contributed by atoms with van der Waals surface area (Å²) in [7, 11) is -2.48. The molecule has 0 bridgehead atoms. The van der Waals surface area contributed by atoms with Gasteiger partial charge in [-0.1, -0.05) is 0 Å². The predicted octanol–water partition coefficient (Wildman–Crippen LogP) is 0.891. The van der Waals surface area contributed by atoms with Crippen LogP contribution in [0, 0.1) is 5.82 Å². The summed E-state index contributed by atoms with van der Waals surface area (Å²) < 4.78 is 37.5. The number of sulfone groups is 1. The number of carboxylic acid groups (broad SMARTS) is 1. The van der Waals surface area contributed by atoms with Gasteiger partial charge >= 0.3 is 5.97 Å². The van der Waals surface area contributed by atoms with E-state index >= 15 is 0 Å². The average Bonchev–Trinajstić information content (AvgIpc) is 2.25. The molecule has 1 N–H and O–H groups in total. The molecule has 1 aliphatic heterocycles. The predicted molar refractivity (Wildman–Crippen MR) is 62.9 cm³/mol. The van der Waals surface area contributed by atoms with Crippen LogP contribution in [0.2, 0.25) is 0 Å². The van der Waals surface area contributed by atoms with Gasteiger partial charge in [-0.2, -0.15) is 0 Å². The summed E-state index contributed by atoms with van der Waals surface area (Å²) in [5.74, 6) is -2.13. The first-order chi connectivity index (χ1) is 8.26. The molecule has 0 radical (unpaired) electrons. The van der Waals surface area contributed by atoms with Crippen LogP contribution < -0.4 is 4.90 Å². The van der Waals surface area contributed by atoms with E-state index in [2.05, 4.69) is 0 Å². The van der Waals surface area contributed by atoms with Crippen LogP contribution in [0.3, 0.4) is 0 Å². The summed E-state index contributed by atoms with van der Waals surface area (Å²) in [5.41, 5.74) is 0.321. The van der Waals surface area contributed by atoms with E-state index in [0.717, 1.165) is 12.1 Å². The smallest absolute Gasteiger partial charge is 0.324 e. The Bertz CT molecular complexity index is 613. The zero-order valence-electron chi connectivity index (χ0n) is 9.79. The largest absolute Gasteiger partial charge is 0.480 e. The number of halogens is 1. The van der Waals surface area contributed by atoms with Gasteiger partial charge in [-0.15, -0.1) is 0 Å². The van der Waals surface area contributed by atoms with Crippen LogP contribution in [-0.4, -0.2) is 37.8 Å². The highest BCUT2D eigenvalue weighted by Gasteiger charge is 2.46. The van der Waals surface area contributed by atoms with E-state index < -0.39 is 32.9 Å². The van der Waals surface area contributed by atoms with Crippen molar-refractivity contribution in [3.63, 3.8) is 0 Å². The van der Waals surface area contributed by atoms with Crippen LogP contribution in [0.5, 0.6) is 0 Å². The lowest BCUT2D eigenvalue weighted by Crippen LogP contribution is -2.51. The SMILES string of the molecule is CC1C(C(=O)O)S(=O)(=O)c2cc(F)ccc2N1C. The fourth-order valence-electron chi connectivity index (χ4n) is 2.16. The van der Waals surface area contributed by atoms with Gasteiger partial charge in [0.1, 0.15) is 5.82 Å². The van der Waals surface area contributed by atoms with Crippen LogP contribution >= 0.6 is 0 Å². The minimum absolute atomic E-state index is 0.268. The molecule has 0 saturated carbocycles. The molecular weight excluding hydrogens is 261 g/mol. The Morgan fingerprint density at radius 2 is 2.06 bits per heavy atom. The van der Waals surface area contributed by atoms with Crippen LogP contribution in [0.15, 0.2) is 23.1 Å². The Balaban J connectivity index is 2.75. The van der Waals surface area contributed by atoms with Gasteiger partial charge in [-0.25, -0.2) is 12.8 Å². The van der Waals surface area contributed by atoms with E-state index in [1.165, 1.54) is 17.9 Å². The Morgan fingerprint density at radius 3 is 2.61 bits per heavy atom. The third-order valence-corrected chi connectivity index (χ3v) is 5.44. The molecule has 5 nitrogen and oxygen atoms in total. The van der Waals surface area contributed by atoms with Crippen molar-refractivity contribution in [2.75, 3.05) is 11.9 Å². The third kappa shape index (κ3) is 1.66. The molecule has 2 rings (SSSR count). The molecule has 1 heterocycles. The average molecular weight is 273 g/mol. The monoisotopic (exact) mass is 273 g/mol. The first-order valence-electron chi connectivity index (χ1n) is 5.26. The number of hydrogen-bond acceptors (Lipinski definition) is 4. The summed E-state index contributed by atoms with van der Waals surface area (Å²) in [5, 5.41) is 7.47. The number of hydrogen-bond donors (Lipinski definition) is 1. The molecule has 2 unspecified atom stereocenters. The molecule has 1 aliphatic rings. The number of carbonyl (C=O) groups is 1. The fraction of sp³-hybridized carbons (Fsp3) is 0.364. The van der Waals surface area contributed by atoms with E-state index in [9.17, 15) is 17.6 Å².